The van der Waals surface area contributed by atoms with E-state index in [0.29, 0.717) is 5.82 Å². The number of hydrogen-bond acceptors (Lipinski definition) is 4. The molecule has 0 spiro atoms. The van der Waals surface area contributed by atoms with Gasteiger partial charge in [-0.3, -0.25) is 4.90 Å². The first-order chi connectivity index (χ1) is 10.8. The number of rotatable bonds is 4. The molecule has 1 unspecified atom stereocenters. The summed E-state index contributed by atoms with van der Waals surface area (Å²) in [6, 6.07) is 3.87. The second-order valence-corrected chi connectivity index (χ2v) is 10.8. The number of nitrogens with zero attached hydrogens (tertiary/aromatic N) is 2. The predicted octanol–water partition coefficient (Wildman–Crippen LogP) is 4.54. The number of carbonyl (C=O) groups is 1. The van der Waals surface area contributed by atoms with Crippen LogP contribution in [0, 0.1) is 5.41 Å². The molecule has 1 aromatic heterocycles. The van der Waals surface area contributed by atoms with E-state index in [2.05, 4.69) is 38.8 Å². The molecule has 0 aliphatic rings. The van der Waals surface area contributed by atoms with Gasteiger partial charge in [-0.2, -0.15) is 0 Å². The Labute approximate surface area is 148 Å². The highest BCUT2D eigenvalue weighted by molar-refractivity contribution is 6.48. The van der Waals surface area contributed by atoms with Crippen LogP contribution in [-0.4, -0.2) is 32.8 Å². The van der Waals surface area contributed by atoms with Crippen LogP contribution >= 0.6 is 0 Å². The summed E-state index contributed by atoms with van der Waals surface area (Å²) in [6.45, 7) is 16.3. The molecule has 6 heteroatoms. The molecule has 0 bridgehead atoms. The number of amides is 1. The highest BCUT2D eigenvalue weighted by Crippen LogP contribution is 2.37. The first-order valence-electron chi connectivity index (χ1n) is 8.39. The minimum atomic E-state index is -1.21. The smallest absolute Gasteiger partial charge is 0.415 e. The summed E-state index contributed by atoms with van der Waals surface area (Å²) in [6.07, 6.45) is 1.27. The normalized spacial score (nSPS) is 13.8. The Morgan fingerprint density at radius 1 is 1.21 bits per heavy atom. The molecule has 136 valence electrons. The molecule has 0 saturated carbocycles. The zero-order chi connectivity index (χ0) is 18.7. The van der Waals surface area contributed by atoms with E-state index in [1.54, 1.807) is 13.2 Å². The van der Waals surface area contributed by atoms with Crippen LogP contribution in [-0.2, 0) is 9.16 Å². The summed E-state index contributed by atoms with van der Waals surface area (Å²) < 4.78 is 11.7. The lowest BCUT2D eigenvalue weighted by molar-refractivity contribution is 0.0588. The Hall–Kier alpha value is -1.40. The maximum atomic E-state index is 12.3. The van der Waals surface area contributed by atoms with Gasteiger partial charge in [0.25, 0.3) is 0 Å². The molecule has 0 aliphatic heterocycles. The third-order valence-electron chi connectivity index (χ3n) is 3.28. The summed E-state index contributed by atoms with van der Waals surface area (Å²) in [5.74, 6) is 0.560. The van der Waals surface area contributed by atoms with Crippen LogP contribution in [0.4, 0.5) is 10.6 Å². The summed E-state index contributed by atoms with van der Waals surface area (Å²) in [7, 11) is 0.458. The van der Waals surface area contributed by atoms with Gasteiger partial charge >= 0.3 is 6.09 Å². The Bertz CT molecular complexity index is 562. The number of ether oxygens (including phenoxy) is 1. The lowest BCUT2D eigenvalue weighted by atomic mass is 9.85. The molecular formula is C18H32N2O3Si. The fourth-order valence-electron chi connectivity index (χ4n) is 2.26. The predicted molar refractivity (Wildman–Crippen MR) is 101 cm³/mol. The van der Waals surface area contributed by atoms with Crippen molar-refractivity contribution in [2.45, 2.75) is 66.3 Å². The van der Waals surface area contributed by atoms with Gasteiger partial charge in [-0.05, 0) is 57.0 Å². The van der Waals surface area contributed by atoms with E-state index < -0.39 is 20.7 Å². The number of anilines is 1. The van der Waals surface area contributed by atoms with Gasteiger partial charge in [0.1, 0.15) is 11.4 Å². The van der Waals surface area contributed by atoms with Crippen LogP contribution in [0.15, 0.2) is 18.3 Å². The molecule has 0 aliphatic carbocycles. The fourth-order valence-corrected chi connectivity index (χ4v) is 3.37. The zero-order valence-electron chi connectivity index (χ0n) is 16.5. The Morgan fingerprint density at radius 3 is 2.25 bits per heavy atom. The van der Waals surface area contributed by atoms with Crippen molar-refractivity contribution in [3.63, 3.8) is 0 Å². The maximum Gasteiger partial charge on any atom is 0.415 e. The van der Waals surface area contributed by atoms with Crippen molar-refractivity contribution in [3.05, 3.63) is 23.9 Å². The van der Waals surface area contributed by atoms with Crippen LogP contribution in [0.1, 0.15) is 53.2 Å². The molecule has 1 rings (SSSR count). The molecule has 24 heavy (non-hydrogen) atoms. The van der Waals surface area contributed by atoms with Gasteiger partial charge in [-0.25, -0.2) is 9.78 Å². The summed E-state index contributed by atoms with van der Waals surface area (Å²) in [5, 5.41) is 0. The largest absolute Gasteiger partial charge is 0.443 e. The van der Waals surface area contributed by atoms with Crippen LogP contribution in [0.25, 0.3) is 0 Å². The average molecular weight is 353 g/mol. The minimum absolute atomic E-state index is 0.0297. The van der Waals surface area contributed by atoms with Gasteiger partial charge in [0.2, 0.25) is 0 Å². The van der Waals surface area contributed by atoms with Crippen LogP contribution in [0.3, 0.4) is 0 Å². The molecule has 0 saturated heterocycles. The van der Waals surface area contributed by atoms with E-state index in [0.717, 1.165) is 5.56 Å². The molecule has 1 heterocycles. The number of aromatic nitrogens is 1. The summed E-state index contributed by atoms with van der Waals surface area (Å²) in [4.78, 5) is 18.0. The van der Waals surface area contributed by atoms with E-state index in [1.807, 2.05) is 32.9 Å². The number of pyridine rings is 1. The topological polar surface area (TPSA) is 51.7 Å². The van der Waals surface area contributed by atoms with E-state index >= 15 is 0 Å². The Kier molecular flexibility index (Phi) is 6.58. The first-order valence-corrected chi connectivity index (χ1v) is 11.2. The monoisotopic (exact) mass is 352 g/mol. The maximum absolute atomic E-state index is 12.3. The third-order valence-corrected chi connectivity index (χ3v) is 4.09. The van der Waals surface area contributed by atoms with Gasteiger partial charge in [-0.1, -0.05) is 20.8 Å². The number of carbonyl (C=O) groups excluding carboxylic acids is 1. The van der Waals surface area contributed by atoms with Gasteiger partial charge in [0, 0.05) is 13.2 Å². The van der Waals surface area contributed by atoms with Gasteiger partial charge in [0.15, 0.2) is 9.04 Å². The van der Waals surface area contributed by atoms with Crippen molar-refractivity contribution in [1.29, 1.82) is 0 Å². The molecule has 1 amide bonds. The van der Waals surface area contributed by atoms with E-state index in [-0.39, 0.29) is 11.5 Å². The molecule has 0 N–H and O–H groups in total. The lowest BCUT2D eigenvalue weighted by Gasteiger charge is -2.33. The molecule has 1 atom stereocenters. The lowest BCUT2D eigenvalue weighted by Crippen LogP contribution is -2.34. The van der Waals surface area contributed by atoms with Crippen LogP contribution < -0.4 is 4.90 Å². The van der Waals surface area contributed by atoms with E-state index in [1.165, 1.54) is 4.90 Å². The van der Waals surface area contributed by atoms with Crippen molar-refractivity contribution < 1.29 is 14.0 Å². The summed E-state index contributed by atoms with van der Waals surface area (Å²) >= 11 is 0. The highest BCUT2D eigenvalue weighted by atomic mass is 28.3. The van der Waals surface area contributed by atoms with Crippen LogP contribution in [0.2, 0.25) is 13.1 Å². The van der Waals surface area contributed by atoms with Crippen molar-refractivity contribution in [3.8, 4) is 0 Å². The Morgan fingerprint density at radius 2 is 1.79 bits per heavy atom. The molecule has 0 radical (unpaired) electrons. The quantitative estimate of drug-likeness (QED) is 0.747. The molecule has 1 aromatic rings. The zero-order valence-corrected chi connectivity index (χ0v) is 17.7. The highest BCUT2D eigenvalue weighted by Gasteiger charge is 2.29. The Balaban J connectivity index is 3.09. The minimum Gasteiger partial charge on any atom is -0.443 e. The third kappa shape index (κ3) is 6.24. The molecule has 0 aromatic carbocycles. The van der Waals surface area contributed by atoms with Crippen molar-refractivity contribution in [1.82, 2.24) is 4.98 Å². The van der Waals surface area contributed by atoms with E-state index in [4.69, 9.17) is 9.16 Å². The molecule has 0 fully saturated rings. The van der Waals surface area contributed by atoms with Crippen molar-refractivity contribution in [2.24, 2.45) is 5.41 Å². The standard InChI is InChI=1S/C18H32N2O3Si/c1-17(2,3)15(23-24(8)9)13-10-11-19-14(12-13)20(7)16(21)22-18(4,5)6/h10-12,15,24H,1-9H3. The van der Waals surface area contributed by atoms with Gasteiger partial charge < -0.3 is 9.16 Å². The van der Waals surface area contributed by atoms with Crippen LogP contribution in [0.5, 0.6) is 0 Å². The molecular weight excluding hydrogens is 320 g/mol. The second-order valence-electron chi connectivity index (χ2n) is 8.42. The van der Waals surface area contributed by atoms with Gasteiger partial charge in [0.05, 0.1) is 6.10 Å². The molecule has 5 nitrogen and oxygen atoms in total. The first kappa shape index (κ1) is 20.6. The summed E-state index contributed by atoms with van der Waals surface area (Å²) in [5.41, 5.74) is 0.452. The number of hydrogen-bond donors (Lipinski definition) is 0. The van der Waals surface area contributed by atoms with Crippen molar-refractivity contribution in [2.75, 3.05) is 11.9 Å². The average Bonchev–Trinajstić information content (AvgIpc) is 2.41. The second kappa shape index (κ2) is 7.65. The SMILES string of the molecule is CN(C(=O)OC(C)(C)C)c1cc(C(O[SiH](C)C)C(C)(C)C)ccn1. The fraction of sp³-hybridized carbons (Fsp3) is 0.667. The van der Waals surface area contributed by atoms with E-state index in [9.17, 15) is 4.79 Å². The van der Waals surface area contributed by atoms with Gasteiger partial charge in [-0.15, -0.1) is 0 Å². The van der Waals surface area contributed by atoms with Crippen molar-refractivity contribution >= 4 is 21.0 Å².